The minimum Gasteiger partial charge on any atom is -0.463 e. The van der Waals surface area contributed by atoms with E-state index in [-0.39, 0.29) is 29.9 Å². The highest BCUT2D eigenvalue weighted by Gasteiger charge is 2.29. The standard InChI is InChI=1S/C23H34FNO3/c1-4-6-10-22(26)28-16-21-12-11-19(15-27-21)23(25-14-17(3)5-2)18-8-7-9-20(24)13-18/h5,7-9,13,19,21,23,25H,4,6,10-12,14-16H2,1-3H3/b17-5-/t19?,21?,23-/m0/s1. The van der Waals surface area contributed by atoms with Crippen LogP contribution < -0.4 is 5.32 Å². The summed E-state index contributed by atoms with van der Waals surface area (Å²) in [4.78, 5) is 11.7. The van der Waals surface area contributed by atoms with Crippen LogP contribution in [-0.2, 0) is 14.3 Å². The molecule has 0 bridgehead atoms. The summed E-state index contributed by atoms with van der Waals surface area (Å²) >= 11 is 0. The summed E-state index contributed by atoms with van der Waals surface area (Å²) in [5.74, 6) is -0.118. The molecule has 5 heteroatoms. The number of benzene rings is 1. The molecule has 3 atom stereocenters. The van der Waals surface area contributed by atoms with Crippen LogP contribution in [0.4, 0.5) is 4.39 Å². The van der Waals surface area contributed by atoms with E-state index in [1.165, 1.54) is 11.6 Å². The highest BCUT2D eigenvalue weighted by molar-refractivity contribution is 5.69. The van der Waals surface area contributed by atoms with Gasteiger partial charge in [0.2, 0.25) is 0 Å². The van der Waals surface area contributed by atoms with Gasteiger partial charge in [-0.05, 0) is 50.8 Å². The van der Waals surface area contributed by atoms with Crippen molar-refractivity contribution < 1.29 is 18.7 Å². The first kappa shape index (κ1) is 22.6. The van der Waals surface area contributed by atoms with Gasteiger partial charge in [0, 0.05) is 24.9 Å². The van der Waals surface area contributed by atoms with E-state index in [4.69, 9.17) is 9.47 Å². The van der Waals surface area contributed by atoms with Crippen LogP contribution >= 0.6 is 0 Å². The van der Waals surface area contributed by atoms with Crippen molar-refractivity contribution in [1.29, 1.82) is 0 Å². The van der Waals surface area contributed by atoms with Gasteiger partial charge in [0.05, 0.1) is 12.7 Å². The molecule has 0 amide bonds. The van der Waals surface area contributed by atoms with Gasteiger partial charge in [-0.1, -0.05) is 37.1 Å². The van der Waals surface area contributed by atoms with E-state index in [9.17, 15) is 9.18 Å². The molecule has 1 aliphatic rings. The molecule has 1 aliphatic heterocycles. The number of unbranched alkanes of at least 4 members (excludes halogenated alkanes) is 1. The summed E-state index contributed by atoms with van der Waals surface area (Å²) in [5, 5.41) is 3.57. The summed E-state index contributed by atoms with van der Waals surface area (Å²) in [6, 6.07) is 6.82. The van der Waals surface area contributed by atoms with Crippen molar-refractivity contribution in [2.24, 2.45) is 5.92 Å². The van der Waals surface area contributed by atoms with Crippen molar-refractivity contribution in [3.63, 3.8) is 0 Å². The van der Waals surface area contributed by atoms with Gasteiger partial charge in [-0.15, -0.1) is 0 Å². The molecular weight excluding hydrogens is 357 g/mol. The van der Waals surface area contributed by atoms with Gasteiger partial charge in [-0.25, -0.2) is 4.39 Å². The molecule has 0 aliphatic carbocycles. The molecule has 28 heavy (non-hydrogen) atoms. The van der Waals surface area contributed by atoms with Crippen molar-refractivity contribution in [1.82, 2.24) is 5.32 Å². The van der Waals surface area contributed by atoms with Crippen molar-refractivity contribution in [2.45, 2.75) is 65.0 Å². The normalized spacial score (nSPS) is 21.4. The van der Waals surface area contributed by atoms with Crippen molar-refractivity contribution in [3.8, 4) is 0 Å². The van der Waals surface area contributed by atoms with Gasteiger partial charge >= 0.3 is 5.97 Å². The van der Waals surface area contributed by atoms with Gasteiger partial charge < -0.3 is 14.8 Å². The zero-order valence-electron chi connectivity index (χ0n) is 17.4. The fourth-order valence-corrected chi connectivity index (χ4v) is 3.43. The van der Waals surface area contributed by atoms with Crippen LogP contribution in [0.15, 0.2) is 35.9 Å². The number of nitrogens with one attached hydrogen (secondary N) is 1. The molecule has 1 aromatic rings. The summed E-state index contributed by atoms with van der Waals surface area (Å²) in [7, 11) is 0. The van der Waals surface area contributed by atoms with E-state index in [1.54, 1.807) is 12.1 Å². The third-order valence-corrected chi connectivity index (χ3v) is 5.34. The van der Waals surface area contributed by atoms with Gasteiger partial charge in [0.1, 0.15) is 12.4 Å². The first-order chi connectivity index (χ1) is 13.5. The summed E-state index contributed by atoms with van der Waals surface area (Å²) in [6.07, 6.45) is 6.13. The molecule has 0 saturated carbocycles. The van der Waals surface area contributed by atoms with Gasteiger partial charge in [-0.3, -0.25) is 4.79 Å². The third kappa shape index (κ3) is 7.36. The number of carbonyl (C=O) groups excluding carboxylic acids is 1. The van der Waals surface area contributed by atoms with Crippen LogP contribution in [0, 0.1) is 11.7 Å². The van der Waals surface area contributed by atoms with E-state index in [2.05, 4.69) is 25.2 Å². The number of esters is 1. The molecule has 2 unspecified atom stereocenters. The second-order valence-corrected chi connectivity index (χ2v) is 7.63. The monoisotopic (exact) mass is 391 g/mol. The van der Waals surface area contributed by atoms with Gasteiger partial charge in [0.15, 0.2) is 0 Å². The van der Waals surface area contributed by atoms with Crippen LogP contribution in [0.1, 0.15) is 64.5 Å². The third-order valence-electron chi connectivity index (χ3n) is 5.34. The van der Waals surface area contributed by atoms with Crippen molar-refractivity contribution in [2.75, 3.05) is 19.8 Å². The lowest BCUT2D eigenvalue weighted by Gasteiger charge is -2.35. The Labute approximate surface area is 168 Å². The van der Waals surface area contributed by atoms with Crippen LogP contribution in [-0.4, -0.2) is 31.8 Å². The second-order valence-electron chi connectivity index (χ2n) is 7.63. The topological polar surface area (TPSA) is 47.6 Å². The lowest BCUT2D eigenvalue weighted by atomic mass is 9.87. The highest BCUT2D eigenvalue weighted by atomic mass is 19.1. The Kier molecular flexibility index (Phi) is 9.65. The lowest BCUT2D eigenvalue weighted by Crippen LogP contribution is -2.38. The first-order valence-corrected chi connectivity index (χ1v) is 10.4. The Bertz CT molecular complexity index is 638. The molecule has 1 N–H and O–H groups in total. The van der Waals surface area contributed by atoms with Gasteiger partial charge in [0.25, 0.3) is 0 Å². The fraction of sp³-hybridized carbons (Fsp3) is 0.609. The summed E-state index contributed by atoms with van der Waals surface area (Å²) in [5.41, 5.74) is 2.19. The van der Waals surface area contributed by atoms with E-state index < -0.39 is 0 Å². The first-order valence-electron chi connectivity index (χ1n) is 10.4. The average molecular weight is 392 g/mol. The maximum absolute atomic E-state index is 13.8. The molecule has 2 rings (SSSR count). The maximum atomic E-state index is 13.8. The molecule has 1 fully saturated rings. The van der Waals surface area contributed by atoms with Crippen LogP contribution in [0.2, 0.25) is 0 Å². The Morgan fingerprint density at radius 1 is 1.43 bits per heavy atom. The number of hydrogen-bond acceptors (Lipinski definition) is 4. The fourth-order valence-electron chi connectivity index (χ4n) is 3.43. The van der Waals surface area contributed by atoms with E-state index >= 15 is 0 Å². The Balaban J connectivity index is 1.91. The molecule has 0 aromatic heterocycles. The van der Waals surface area contributed by atoms with Crippen LogP contribution in [0.3, 0.4) is 0 Å². The van der Waals surface area contributed by atoms with E-state index in [0.29, 0.717) is 19.6 Å². The lowest BCUT2D eigenvalue weighted by molar-refractivity contribution is -0.150. The molecule has 1 aromatic carbocycles. The molecule has 4 nitrogen and oxygen atoms in total. The number of hydrogen-bond donors (Lipinski definition) is 1. The number of ether oxygens (including phenoxy) is 2. The number of halogens is 1. The van der Waals surface area contributed by atoms with Gasteiger partial charge in [-0.2, -0.15) is 0 Å². The quantitative estimate of drug-likeness (QED) is 0.453. The maximum Gasteiger partial charge on any atom is 0.305 e. The predicted octanol–water partition coefficient (Wildman–Crippen LogP) is 4.95. The zero-order valence-corrected chi connectivity index (χ0v) is 17.4. The molecule has 1 saturated heterocycles. The highest BCUT2D eigenvalue weighted by Crippen LogP contribution is 2.31. The average Bonchev–Trinajstić information content (AvgIpc) is 2.71. The Morgan fingerprint density at radius 3 is 2.89 bits per heavy atom. The van der Waals surface area contributed by atoms with E-state index in [0.717, 1.165) is 37.8 Å². The summed E-state index contributed by atoms with van der Waals surface area (Å²) < 4.78 is 25.1. The smallest absolute Gasteiger partial charge is 0.305 e. The molecule has 0 spiro atoms. The predicted molar refractivity (Wildman–Crippen MR) is 110 cm³/mol. The Hall–Kier alpha value is -1.72. The van der Waals surface area contributed by atoms with Crippen LogP contribution in [0.5, 0.6) is 0 Å². The SMILES string of the molecule is C/C=C(/C)CN[C@@H](c1cccc(F)c1)C1CCC(COC(=O)CCCC)OC1. The Morgan fingerprint density at radius 2 is 2.25 bits per heavy atom. The number of rotatable bonds is 10. The van der Waals surface area contributed by atoms with Crippen molar-refractivity contribution >= 4 is 5.97 Å². The number of allylic oxidation sites excluding steroid dienone is 1. The minimum absolute atomic E-state index is 0.0265. The minimum atomic E-state index is -0.222. The zero-order chi connectivity index (χ0) is 20.4. The van der Waals surface area contributed by atoms with E-state index in [1.807, 2.05) is 13.0 Å². The van der Waals surface area contributed by atoms with Crippen LogP contribution in [0.25, 0.3) is 0 Å². The largest absolute Gasteiger partial charge is 0.463 e. The second kappa shape index (κ2) is 12.0. The molecular formula is C23H34FNO3. The molecule has 156 valence electrons. The summed E-state index contributed by atoms with van der Waals surface area (Å²) in [6.45, 7) is 7.80. The van der Waals surface area contributed by atoms with Crippen molar-refractivity contribution in [3.05, 3.63) is 47.3 Å². The molecule has 0 radical (unpaired) electrons. The number of carbonyl (C=O) groups is 1. The molecule has 1 heterocycles.